The zero-order valence-electron chi connectivity index (χ0n) is 9.69. The van der Waals surface area contributed by atoms with E-state index in [2.05, 4.69) is 4.98 Å². The third-order valence-electron chi connectivity index (χ3n) is 2.24. The molecule has 4 heteroatoms. The van der Waals surface area contributed by atoms with E-state index in [1.165, 1.54) is 0 Å². The van der Waals surface area contributed by atoms with Crippen LogP contribution in [0.5, 0.6) is 11.6 Å². The second-order valence-corrected chi connectivity index (χ2v) is 3.52. The summed E-state index contributed by atoms with van der Waals surface area (Å²) < 4.78 is 10.5. The normalized spacial score (nSPS) is 10.1. The molecule has 0 unspecified atom stereocenters. The Bertz CT molecular complexity index is 291. The maximum Gasteiger partial charge on any atom is 0.216 e. The Morgan fingerprint density at radius 1 is 1.25 bits per heavy atom. The molecule has 0 saturated heterocycles. The molecule has 1 rings (SSSR count). The number of methoxy groups -OCH3 is 1. The van der Waals surface area contributed by atoms with Crippen LogP contribution < -0.4 is 9.47 Å². The molecule has 0 atom stereocenters. The first-order valence-electron chi connectivity index (χ1n) is 5.60. The molecular formula is C12H19NO3. The Morgan fingerprint density at radius 3 is 2.81 bits per heavy atom. The lowest BCUT2D eigenvalue weighted by molar-refractivity contribution is 0.270. The zero-order chi connectivity index (χ0) is 11.6. The van der Waals surface area contributed by atoms with Gasteiger partial charge in [-0.1, -0.05) is 6.42 Å². The van der Waals surface area contributed by atoms with Crippen molar-refractivity contribution in [2.24, 2.45) is 0 Å². The van der Waals surface area contributed by atoms with Crippen molar-refractivity contribution in [2.45, 2.75) is 25.7 Å². The summed E-state index contributed by atoms with van der Waals surface area (Å²) >= 11 is 0. The lowest BCUT2D eigenvalue weighted by Gasteiger charge is -2.06. The van der Waals surface area contributed by atoms with Gasteiger partial charge in [-0.3, -0.25) is 0 Å². The Balaban J connectivity index is 2.16. The van der Waals surface area contributed by atoms with Crippen LogP contribution in [0.25, 0.3) is 0 Å². The smallest absolute Gasteiger partial charge is 0.216 e. The van der Waals surface area contributed by atoms with Crippen LogP contribution in [0.4, 0.5) is 0 Å². The first-order valence-corrected chi connectivity index (χ1v) is 5.60. The van der Waals surface area contributed by atoms with Crippen LogP contribution in [0, 0.1) is 0 Å². The zero-order valence-corrected chi connectivity index (χ0v) is 9.69. The fraction of sp³-hybridized carbons (Fsp3) is 0.583. The molecule has 0 fully saturated rings. The lowest BCUT2D eigenvalue weighted by atomic mass is 10.2. The first kappa shape index (κ1) is 12.8. The molecule has 1 aromatic rings. The molecule has 90 valence electrons. The van der Waals surface area contributed by atoms with Crippen molar-refractivity contribution >= 4 is 0 Å². The van der Waals surface area contributed by atoms with Gasteiger partial charge in [0.05, 0.1) is 13.7 Å². The van der Waals surface area contributed by atoms with Crippen molar-refractivity contribution in [3.8, 4) is 11.6 Å². The fourth-order valence-electron chi connectivity index (χ4n) is 1.34. The van der Waals surface area contributed by atoms with E-state index in [-0.39, 0.29) is 6.61 Å². The first-order chi connectivity index (χ1) is 7.86. The molecule has 0 aromatic carbocycles. The van der Waals surface area contributed by atoms with Gasteiger partial charge in [-0.15, -0.1) is 0 Å². The number of unbranched alkanes of at least 4 members (excludes halogenated alkanes) is 3. The molecule has 0 aliphatic rings. The van der Waals surface area contributed by atoms with Gasteiger partial charge in [0.15, 0.2) is 0 Å². The predicted molar refractivity (Wildman–Crippen MR) is 61.8 cm³/mol. The monoisotopic (exact) mass is 225 g/mol. The van der Waals surface area contributed by atoms with Crippen LogP contribution in [0.2, 0.25) is 0 Å². The van der Waals surface area contributed by atoms with E-state index >= 15 is 0 Å². The van der Waals surface area contributed by atoms with Crippen molar-refractivity contribution in [3.63, 3.8) is 0 Å². The second kappa shape index (κ2) is 7.93. The topological polar surface area (TPSA) is 51.6 Å². The number of aromatic nitrogens is 1. The molecule has 0 bridgehead atoms. The minimum absolute atomic E-state index is 0.276. The molecule has 0 radical (unpaired) electrons. The Kier molecular flexibility index (Phi) is 6.33. The van der Waals surface area contributed by atoms with Crippen molar-refractivity contribution < 1.29 is 14.6 Å². The van der Waals surface area contributed by atoms with Crippen molar-refractivity contribution in [1.82, 2.24) is 4.98 Å². The average Bonchev–Trinajstić information content (AvgIpc) is 2.34. The highest BCUT2D eigenvalue weighted by atomic mass is 16.5. The minimum Gasteiger partial charge on any atom is -0.497 e. The SMILES string of the molecule is COc1ccnc(OCCCCCCO)c1. The minimum atomic E-state index is 0.276. The largest absolute Gasteiger partial charge is 0.497 e. The van der Waals surface area contributed by atoms with E-state index in [0.29, 0.717) is 12.5 Å². The predicted octanol–water partition coefficient (Wildman–Crippen LogP) is 2.02. The molecule has 0 spiro atoms. The fourth-order valence-corrected chi connectivity index (χ4v) is 1.34. The van der Waals surface area contributed by atoms with Gasteiger partial charge in [0.1, 0.15) is 5.75 Å². The number of hydrogen-bond donors (Lipinski definition) is 1. The number of pyridine rings is 1. The highest BCUT2D eigenvalue weighted by Gasteiger charge is 1.97. The average molecular weight is 225 g/mol. The molecule has 4 nitrogen and oxygen atoms in total. The molecule has 1 aromatic heterocycles. The third kappa shape index (κ3) is 4.98. The highest BCUT2D eigenvalue weighted by molar-refractivity contribution is 5.25. The summed E-state index contributed by atoms with van der Waals surface area (Å²) in [6, 6.07) is 3.56. The van der Waals surface area contributed by atoms with E-state index in [9.17, 15) is 0 Å². The number of rotatable bonds is 8. The van der Waals surface area contributed by atoms with Gasteiger partial charge in [-0.2, -0.15) is 0 Å². The number of hydrogen-bond acceptors (Lipinski definition) is 4. The lowest BCUT2D eigenvalue weighted by Crippen LogP contribution is -1.99. The van der Waals surface area contributed by atoms with Crippen LogP contribution >= 0.6 is 0 Å². The van der Waals surface area contributed by atoms with Crippen LogP contribution in [-0.4, -0.2) is 30.4 Å². The Hall–Kier alpha value is -1.29. The van der Waals surface area contributed by atoms with E-state index in [0.717, 1.165) is 31.4 Å². The molecular weight excluding hydrogens is 206 g/mol. The number of nitrogens with zero attached hydrogens (tertiary/aromatic N) is 1. The summed E-state index contributed by atoms with van der Waals surface area (Å²) in [5, 5.41) is 8.60. The van der Waals surface area contributed by atoms with E-state index in [1.54, 1.807) is 25.4 Å². The number of aliphatic hydroxyl groups is 1. The van der Waals surface area contributed by atoms with E-state index < -0.39 is 0 Å². The second-order valence-electron chi connectivity index (χ2n) is 3.52. The Labute approximate surface area is 96.2 Å². The summed E-state index contributed by atoms with van der Waals surface area (Å²) in [5.41, 5.74) is 0. The molecule has 1 N–H and O–H groups in total. The van der Waals surface area contributed by atoms with Gasteiger partial charge in [0, 0.05) is 18.9 Å². The van der Waals surface area contributed by atoms with Gasteiger partial charge in [-0.25, -0.2) is 4.98 Å². The molecule has 0 aliphatic carbocycles. The number of aliphatic hydroxyl groups excluding tert-OH is 1. The van der Waals surface area contributed by atoms with Gasteiger partial charge >= 0.3 is 0 Å². The van der Waals surface area contributed by atoms with E-state index in [4.69, 9.17) is 14.6 Å². The summed E-state index contributed by atoms with van der Waals surface area (Å²) in [5.74, 6) is 1.35. The van der Waals surface area contributed by atoms with Crippen molar-refractivity contribution in [1.29, 1.82) is 0 Å². The van der Waals surface area contributed by atoms with Crippen LogP contribution in [0.1, 0.15) is 25.7 Å². The van der Waals surface area contributed by atoms with E-state index in [1.807, 2.05) is 0 Å². The van der Waals surface area contributed by atoms with Gasteiger partial charge in [-0.05, 0) is 25.3 Å². The van der Waals surface area contributed by atoms with Gasteiger partial charge in [0.25, 0.3) is 0 Å². The third-order valence-corrected chi connectivity index (χ3v) is 2.24. The van der Waals surface area contributed by atoms with Crippen LogP contribution in [0.3, 0.4) is 0 Å². The maximum atomic E-state index is 8.60. The van der Waals surface area contributed by atoms with Gasteiger partial charge in [0.2, 0.25) is 5.88 Å². The van der Waals surface area contributed by atoms with Crippen molar-refractivity contribution in [3.05, 3.63) is 18.3 Å². The Morgan fingerprint density at radius 2 is 2.06 bits per heavy atom. The summed E-state index contributed by atoms with van der Waals surface area (Å²) in [6.45, 7) is 0.934. The quantitative estimate of drug-likeness (QED) is 0.688. The summed E-state index contributed by atoms with van der Waals surface area (Å²) in [6.07, 6.45) is 5.64. The standard InChI is InChI=1S/C12H19NO3/c1-15-11-6-7-13-12(10-11)16-9-5-3-2-4-8-14/h6-7,10,14H,2-5,8-9H2,1H3. The molecule has 0 aliphatic heterocycles. The van der Waals surface area contributed by atoms with Crippen molar-refractivity contribution in [2.75, 3.05) is 20.3 Å². The molecule has 0 amide bonds. The molecule has 1 heterocycles. The van der Waals surface area contributed by atoms with Crippen LogP contribution in [0.15, 0.2) is 18.3 Å². The summed E-state index contributed by atoms with van der Waals surface area (Å²) in [7, 11) is 1.62. The molecule has 0 saturated carbocycles. The maximum absolute atomic E-state index is 8.60. The molecule has 16 heavy (non-hydrogen) atoms. The van der Waals surface area contributed by atoms with Crippen LogP contribution in [-0.2, 0) is 0 Å². The summed E-state index contributed by atoms with van der Waals surface area (Å²) in [4.78, 5) is 4.08. The number of ether oxygens (including phenoxy) is 2. The highest BCUT2D eigenvalue weighted by Crippen LogP contribution is 2.15. The van der Waals surface area contributed by atoms with Gasteiger partial charge < -0.3 is 14.6 Å².